The molecule has 0 unspecified atom stereocenters. The molecule has 0 fully saturated rings. The van der Waals surface area contributed by atoms with E-state index in [9.17, 15) is 0 Å². The standard InChI is InChI=1S/C8H6ClNO/c9-4-6-1-7(5-10)3-8(11)2-6/h1-3,11H,4H2. The lowest BCUT2D eigenvalue weighted by Crippen LogP contribution is -1.80. The molecule has 2 nitrogen and oxygen atoms in total. The van der Waals surface area contributed by atoms with Crippen LogP contribution in [0.5, 0.6) is 5.75 Å². The van der Waals surface area contributed by atoms with E-state index in [0.717, 1.165) is 5.56 Å². The number of aromatic hydroxyl groups is 1. The average molecular weight is 168 g/mol. The molecule has 0 bridgehead atoms. The largest absolute Gasteiger partial charge is 0.508 e. The number of benzene rings is 1. The van der Waals surface area contributed by atoms with Crippen molar-refractivity contribution in [3.63, 3.8) is 0 Å². The summed E-state index contributed by atoms with van der Waals surface area (Å²) in [6.45, 7) is 0. The molecule has 0 spiro atoms. The molecule has 3 heteroatoms. The van der Waals surface area contributed by atoms with Crippen LogP contribution in [0.1, 0.15) is 11.1 Å². The van der Waals surface area contributed by atoms with Crippen LogP contribution in [0.15, 0.2) is 18.2 Å². The Balaban J connectivity index is 3.15. The van der Waals surface area contributed by atoms with Crippen LogP contribution in [0.4, 0.5) is 0 Å². The van der Waals surface area contributed by atoms with Crippen LogP contribution in [0.2, 0.25) is 0 Å². The zero-order chi connectivity index (χ0) is 8.27. The van der Waals surface area contributed by atoms with Crippen molar-refractivity contribution in [3.8, 4) is 11.8 Å². The molecule has 1 rings (SSSR count). The van der Waals surface area contributed by atoms with E-state index >= 15 is 0 Å². The second kappa shape index (κ2) is 3.27. The van der Waals surface area contributed by atoms with Crippen molar-refractivity contribution in [2.45, 2.75) is 5.88 Å². The topological polar surface area (TPSA) is 44.0 Å². The summed E-state index contributed by atoms with van der Waals surface area (Å²) in [5, 5.41) is 17.5. The summed E-state index contributed by atoms with van der Waals surface area (Å²) < 4.78 is 0. The number of halogens is 1. The summed E-state index contributed by atoms with van der Waals surface area (Å²) in [5.41, 5.74) is 1.18. The SMILES string of the molecule is N#Cc1cc(O)cc(CCl)c1. The van der Waals surface area contributed by atoms with Gasteiger partial charge in [-0.05, 0) is 23.8 Å². The lowest BCUT2D eigenvalue weighted by molar-refractivity contribution is 0.474. The fourth-order valence-electron chi connectivity index (χ4n) is 0.816. The highest BCUT2D eigenvalue weighted by Gasteiger charge is 1.97. The summed E-state index contributed by atoms with van der Waals surface area (Å²) in [4.78, 5) is 0. The van der Waals surface area contributed by atoms with E-state index in [0.29, 0.717) is 11.4 Å². The number of hydrogen-bond donors (Lipinski definition) is 1. The van der Waals surface area contributed by atoms with E-state index in [-0.39, 0.29) is 5.75 Å². The van der Waals surface area contributed by atoms with Gasteiger partial charge in [0.1, 0.15) is 5.75 Å². The molecule has 1 aromatic carbocycles. The van der Waals surface area contributed by atoms with Crippen LogP contribution in [0, 0.1) is 11.3 Å². The predicted octanol–water partition coefficient (Wildman–Crippen LogP) is 2.00. The van der Waals surface area contributed by atoms with Crippen molar-refractivity contribution in [1.29, 1.82) is 5.26 Å². The van der Waals surface area contributed by atoms with E-state index in [2.05, 4.69) is 0 Å². The molecule has 0 aliphatic heterocycles. The molecule has 0 amide bonds. The molecule has 0 saturated heterocycles. The number of nitrogens with zero attached hydrogens (tertiary/aromatic N) is 1. The first-order valence-electron chi connectivity index (χ1n) is 3.05. The van der Waals surface area contributed by atoms with Gasteiger partial charge in [-0.15, -0.1) is 11.6 Å². The first-order chi connectivity index (χ1) is 5.26. The maximum atomic E-state index is 9.05. The molecule has 0 atom stereocenters. The molecule has 1 N–H and O–H groups in total. The number of phenols is 1. The Bertz CT molecular complexity index is 303. The molecule has 0 saturated carbocycles. The van der Waals surface area contributed by atoms with E-state index in [4.69, 9.17) is 22.0 Å². The zero-order valence-electron chi connectivity index (χ0n) is 5.71. The van der Waals surface area contributed by atoms with Crippen LogP contribution < -0.4 is 0 Å². The molecule has 11 heavy (non-hydrogen) atoms. The van der Waals surface area contributed by atoms with Gasteiger partial charge in [0.2, 0.25) is 0 Å². The lowest BCUT2D eigenvalue weighted by atomic mass is 10.1. The van der Waals surface area contributed by atoms with Gasteiger partial charge in [-0.1, -0.05) is 0 Å². The summed E-state index contributed by atoms with van der Waals surface area (Å²) in [7, 11) is 0. The Morgan fingerprint density at radius 3 is 2.73 bits per heavy atom. The smallest absolute Gasteiger partial charge is 0.117 e. The normalized spacial score (nSPS) is 9.09. The Hall–Kier alpha value is -1.20. The lowest BCUT2D eigenvalue weighted by Gasteiger charge is -1.96. The minimum absolute atomic E-state index is 0.0831. The van der Waals surface area contributed by atoms with Crippen LogP contribution in [0.25, 0.3) is 0 Å². The van der Waals surface area contributed by atoms with Crippen LogP contribution in [0.3, 0.4) is 0 Å². The van der Waals surface area contributed by atoms with Gasteiger partial charge >= 0.3 is 0 Å². The van der Waals surface area contributed by atoms with Gasteiger partial charge in [0.15, 0.2) is 0 Å². The number of rotatable bonds is 1. The van der Waals surface area contributed by atoms with Gasteiger partial charge in [-0.3, -0.25) is 0 Å². The first kappa shape index (κ1) is 7.90. The Morgan fingerprint density at radius 2 is 2.18 bits per heavy atom. The van der Waals surface area contributed by atoms with Crippen molar-refractivity contribution >= 4 is 11.6 Å². The van der Waals surface area contributed by atoms with Gasteiger partial charge in [-0.2, -0.15) is 5.26 Å². The zero-order valence-corrected chi connectivity index (χ0v) is 6.47. The van der Waals surface area contributed by atoms with Crippen LogP contribution in [-0.2, 0) is 5.88 Å². The molecule has 0 aliphatic carbocycles. The van der Waals surface area contributed by atoms with Crippen molar-refractivity contribution in [1.82, 2.24) is 0 Å². The number of phenolic OH excluding ortho intramolecular Hbond substituents is 1. The van der Waals surface area contributed by atoms with Crippen molar-refractivity contribution < 1.29 is 5.11 Å². The third kappa shape index (κ3) is 1.86. The number of nitriles is 1. The molecule has 0 radical (unpaired) electrons. The highest BCUT2D eigenvalue weighted by Crippen LogP contribution is 2.16. The maximum absolute atomic E-state index is 9.05. The fourth-order valence-corrected chi connectivity index (χ4v) is 0.970. The second-order valence-electron chi connectivity index (χ2n) is 2.13. The van der Waals surface area contributed by atoms with E-state index in [1.165, 1.54) is 12.1 Å². The molecule has 0 heterocycles. The quantitative estimate of drug-likeness (QED) is 0.651. The average Bonchev–Trinajstić information content (AvgIpc) is 2.03. The summed E-state index contributed by atoms with van der Waals surface area (Å²) >= 11 is 5.51. The molecule has 0 aromatic heterocycles. The van der Waals surface area contributed by atoms with Crippen molar-refractivity contribution in [2.75, 3.05) is 0 Å². The van der Waals surface area contributed by atoms with Gasteiger partial charge in [0.05, 0.1) is 11.6 Å². The molecular formula is C8H6ClNO. The Labute approximate surface area is 69.7 Å². The third-order valence-electron chi connectivity index (χ3n) is 1.26. The predicted molar refractivity (Wildman–Crippen MR) is 42.4 cm³/mol. The highest BCUT2D eigenvalue weighted by molar-refractivity contribution is 6.17. The number of alkyl halides is 1. The first-order valence-corrected chi connectivity index (χ1v) is 3.58. The molecular weight excluding hydrogens is 162 g/mol. The monoisotopic (exact) mass is 167 g/mol. The van der Waals surface area contributed by atoms with Crippen LogP contribution >= 0.6 is 11.6 Å². The van der Waals surface area contributed by atoms with Gasteiger partial charge in [-0.25, -0.2) is 0 Å². The number of hydrogen-bond acceptors (Lipinski definition) is 2. The van der Waals surface area contributed by atoms with Gasteiger partial charge in [0, 0.05) is 5.88 Å². The summed E-state index contributed by atoms with van der Waals surface area (Å²) in [5.74, 6) is 0.392. The third-order valence-corrected chi connectivity index (χ3v) is 1.57. The molecule has 56 valence electrons. The Kier molecular flexibility index (Phi) is 2.35. The van der Waals surface area contributed by atoms with Crippen LogP contribution in [-0.4, -0.2) is 5.11 Å². The minimum atomic E-state index is 0.0831. The van der Waals surface area contributed by atoms with E-state index in [1.807, 2.05) is 6.07 Å². The van der Waals surface area contributed by atoms with Crippen molar-refractivity contribution in [2.24, 2.45) is 0 Å². The highest BCUT2D eigenvalue weighted by atomic mass is 35.5. The molecule has 0 aliphatic rings. The minimum Gasteiger partial charge on any atom is -0.508 e. The van der Waals surface area contributed by atoms with Gasteiger partial charge in [0.25, 0.3) is 0 Å². The maximum Gasteiger partial charge on any atom is 0.117 e. The summed E-state index contributed by atoms with van der Waals surface area (Å²) in [6.07, 6.45) is 0. The molecule has 1 aromatic rings. The van der Waals surface area contributed by atoms with Gasteiger partial charge < -0.3 is 5.11 Å². The van der Waals surface area contributed by atoms with E-state index < -0.39 is 0 Å². The van der Waals surface area contributed by atoms with Crippen molar-refractivity contribution in [3.05, 3.63) is 29.3 Å². The summed E-state index contributed by atoms with van der Waals surface area (Å²) in [6, 6.07) is 6.50. The fraction of sp³-hybridized carbons (Fsp3) is 0.125. The second-order valence-corrected chi connectivity index (χ2v) is 2.40. The Morgan fingerprint density at radius 1 is 1.45 bits per heavy atom. The van der Waals surface area contributed by atoms with E-state index in [1.54, 1.807) is 6.07 Å².